The van der Waals surface area contributed by atoms with Gasteiger partial charge in [0.05, 0.1) is 0 Å². The van der Waals surface area contributed by atoms with Gasteiger partial charge in [0.25, 0.3) is 0 Å². The van der Waals surface area contributed by atoms with Crippen LogP contribution in [-0.4, -0.2) is 16.2 Å². The molecule has 1 aromatic heterocycles. The molecule has 2 N–H and O–H groups in total. The van der Waals surface area contributed by atoms with Crippen LogP contribution in [0.4, 0.5) is 0 Å². The summed E-state index contributed by atoms with van der Waals surface area (Å²) in [5.74, 6) is -1.35. The molecule has 0 amide bonds. The van der Waals surface area contributed by atoms with E-state index in [1.165, 1.54) is 6.07 Å². The zero-order chi connectivity index (χ0) is 11.0. The van der Waals surface area contributed by atoms with Crippen molar-refractivity contribution in [1.29, 1.82) is 0 Å². The van der Waals surface area contributed by atoms with Crippen molar-refractivity contribution in [1.82, 2.24) is 0 Å². The Hall–Kier alpha value is -1.52. The first-order chi connectivity index (χ1) is 7.08. The highest BCUT2D eigenvalue weighted by Gasteiger charge is 2.20. The first-order valence-corrected chi connectivity index (χ1v) is 4.55. The molecule has 0 aliphatic carbocycles. The Bertz CT molecular complexity index is 517. The molecule has 0 fully saturated rings. The van der Waals surface area contributed by atoms with Gasteiger partial charge in [-0.3, -0.25) is 0 Å². The lowest BCUT2D eigenvalue weighted by molar-refractivity contribution is -0.147. The van der Waals surface area contributed by atoms with E-state index < -0.39 is 12.1 Å². The summed E-state index contributed by atoms with van der Waals surface area (Å²) in [5, 5.41) is 19.0. The first kappa shape index (κ1) is 10.0. The SMILES string of the molecule is O=C(O)C(O)c1cc2cc(Cl)ccc2o1. The van der Waals surface area contributed by atoms with Crippen molar-refractivity contribution in [2.24, 2.45) is 0 Å². The van der Waals surface area contributed by atoms with Crippen molar-refractivity contribution in [2.75, 3.05) is 0 Å². The highest BCUT2D eigenvalue weighted by Crippen LogP contribution is 2.26. The van der Waals surface area contributed by atoms with E-state index in [1.54, 1.807) is 18.2 Å². The van der Waals surface area contributed by atoms with Crippen LogP contribution < -0.4 is 0 Å². The van der Waals surface area contributed by atoms with Crippen LogP contribution >= 0.6 is 11.6 Å². The number of benzene rings is 1. The second-order valence-electron chi connectivity index (χ2n) is 3.07. The average molecular weight is 227 g/mol. The second-order valence-corrected chi connectivity index (χ2v) is 3.51. The van der Waals surface area contributed by atoms with Crippen molar-refractivity contribution >= 4 is 28.5 Å². The normalized spacial score (nSPS) is 12.9. The standard InChI is InChI=1S/C10H7ClO4/c11-6-1-2-7-5(3-6)4-8(15-7)9(12)10(13)14/h1-4,9,12H,(H,13,14). The van der Waals surface area contributed by atoms with Crippen LogP contribution in [-0.2, 0) is 4.79 Å². The summed E-state index contributed by atoms with van der Waals surface area (Å²) in [7, 11) is 0. The maximum atomic E-state index is 10.5. The summed E-state index contributed by atoms with van der Waals surface area (Å²) in [4.78, 5) is 10.5. The summed E-state index contributed by atoms with van der Waals surface area (Å²) < 4.78 is 5.16. The monoisotopic (exact) mass is 226 g/mol. The predicted molar refractivity (Wildman–Crippen MR) is 53.8 cm³/mol. The quantitative estimate of drug-likeness (QED) is 0.824. The number of rotatable bonds is 2. The molecule has 5 heteroatoms. The number of aliphatic hydroxyl groups is 1. The summed E-state index contributed by atoms with van der Waals surface area (Å²) >= 11 is 5.75. The van der Waals surface area contributed by atoms with Gasteiger partial charge in [-0.2, -0.15) is 0 Å². The Morgan fingerprint density at radius 2 is 2.13 bits per heavy atom. The number of aliphatic hydroxyl groups excluding tert-OH is 1. The molecule has 0 saturated carbocycles. The maximum Gasteiger partial charge on any atom is 0.340 e. The molecule has 0 spiro atoms. The molecule has 78 valence electrons. The number of furan rings is 1. The smallest absolute Gasteiger partial charge is 0.340 e. The lowest BCUT2D eigenvalue weighted by atomic mass is 10.2. The average Bonchev–Trinajstić information content (AvgIpc) is 2.58. The lowest BCUT2D eigenvalue weighted by Crippen LogP contribution is -2.09. The number of fused-ring (bicyclic) bond motifs is 1. The van der Waals surface area contributed by atoms with Crippen molar-refractivity contribution in [3.8, 4) is 0 Å². The van der Waals surface area contributed by atoms with Gasteiger partial charge in [-0.1, -0.05) is 11.6 Å². The zero-order valence-electron chi connectivity index (χ0n) is 7.48. The van der Waals surface area contributed by atoms with E-state index >= 15 is 0 Å². The molecule has 1 unspecified atom stereocenters. The molecule has 0 radical (unpaired) electrons. The predicted octanol–water partition coefficient (Wildman–Crippen LogP) is 2.20. The molecule has 1 atom stereocenters. The third-order valence-corrected chi connectivity index (χ3v) is 2.24. The topological polar surface area (TPSA) is 70.7 Å². The van der Waals surface area contributed by atoms with Gasteiger partial charge in [-0.25, -0.2) is 4.79 Å². The Morgan fingerprint density at radius 1 is 1.40 bits per heavy atom. The van der Waals surface area contributed by atoms with Crippen molar-refractivity contribution in [3.63, 3.8) is 0 Å². The van der Waals surface area contributed by atoms with E-state index in [-0.39, 0.29) is 5.76 Å². The van der Waals surface area contributed by atoms with Crippen molar-refractivity contribution in [3.05, 3.63) is 35.0 Å². The Balaban J connectivity index is 2.51. The first-order valence-electron chi connectivity index (χ1n) is 4.18. The third-order valence-electron chi connectivity index (χ3n) is 2.00. The van der Waals surface area contributed by atoms with Gasteiger partial charge in [-0.15, -0.1) is 0 Å². The highest BCUT2D eigenvalue weighted by atomic mass is 35.5. The van der Waals surface area contributed by atoms with Crippen LogP contribution in [0.2, 0.25) is 5.02 Å². The fourth-order valence-electron chi connectivity index (χ4n) is 1.29. The minimum absolute atomic E-state index is 0.000216. The molecular weight excluding hydrogens is 220 g/mol. The molecule has 0 aliphatic heterocycles. The Morgan fingerprint density at radius 3 is 2.80 bits per heavy atom. The minimum atomic E-state index is -1.64. The van der Waals surface area contributed by atoms with Gasteiger partial charge in [-0.05, 0) is 24.3 Å². The fourth-order valence-corrected chi connectivity index (χ4v) is 1.47. The second kappa shape index (κ2) is 3.56. The molecule has 2 aromatic rings. The number of carbonyl (C=O) groups is 1. The van der Waals surface area contributed by atoms with Crippen LogP contribution in [0.15, 0.2) is 28.7 Å². The molecule has 15 heavy (non-hydrogen) atoms. The molecule has 4 nitrogen and oxygen atoms in total. The van der Waals surface area contributed by atoms with Crippen LogP contribution in [0.25, 0.3) is 11.0 Å². The van der Waals surface area contributed by atoms with E-state index in [9.17, 15) is 9.90 Å². The van der Waals surface area contributed by atoms with E-state index in [1.807, 2.05) is 0 Å². The van der Waals surface area contributed by atoms with E-state index in [4.69, 9.17) is 21.1 Å². The largest absolute Gasteiger partial charge is 0.479 e. The fraction of sp³-hybridized carbons (Fsp3) is 0.100. The summed E-state index contributed by atoms with van der Waals surface area (Å²) in [6, 6.07) is 6.35. The molecule has 0 saturated heterocycles. The summed E-state index contributed by atoms with van der Waals surface area (Å²) in [5.41, 5.74) is 0.495. The van der Waals surface area contributed by atoms with Gasteiger partial charge in [0.1, 0.15) is 11.3 Å². The van der Waals surface area contributed by atoms with Crippen molar-refractivity contribution < 1.29 is 19.4 Å². The lowest BCUT2D eigenvalue weighted by Gasteiger charge is -1.98. The van der Waals surface area contributed by atoms with Gasteiger partial charge in [0, 0.05) is 10.4 Å². The molecule has 0 aliphatic rings. The van der Waals surface area contributed by atoms with Crippen LogP contribution in [0.1, 0.15) is 11.9 Å². The molecular formula is C10H7ClO4. The number of halogens is 1. The molecule has 1 aromatic carbocycles. The highest BCUT2D eigenvalue weighted by molar-refractivity contribution is 6.31. The van der Waals surface area contributed by atoms with Crippen LogP contribution in [0, 0.1) is 0 Å². The van der Waals surface area contributed by atoms with E-state index in [0.717, 1.165) is 0 Å². The van der Waals surface area contributed by atoms with Gasteiger partial charge in [0.15, 0.2) is 0 Å². The van der Waals surface area contributed by atoms with Gasteiger partial charge in [0.2, 0.25) is 6.10 Å². The molecule has 1 heterocycles. The number of carboxylic acid groups (broad SMARTS) is 1. The number of carboxylic acids is 1. The Labute approximate surface area is 89.7 Å². The summed E-state index contributed by atoms with van der Waals surface area (Å²) in [6.45, 7) is 0. The molecule has 0 bridgehead atoms. The van der Waals surface area contributed by atoms with Gasteiger partial charge >= 0.3 is 5.97 Å². The summed E-state index contributed by atoms with van der Waals surface area (Å²) in [6.07, 6.45) is -1.64. The number of aliphatic carboxylic acids is 1. The minimum Gasteiger partial charge on any atom is -0.479 e. The third kappa shape index (κ3) is 1.82. The zero-order valence-corrected chi connectivity index (χ0v) is 8.23. The number of hydrogen-bond donors (Lipinski definition) is 2. The number of hydrogen-bond acceptors (Lipinski definition) is 3. The van der Waals surface area contributed by atoms with Crippen molar-refractivity contribution in [2.45, 2.75) is 6.10 Å². The van der Waals surface area contributed by atoms with E-state index in [0.29, 0.717) is 16.0 Å². The maximum absolute atomic E-state index is 10.5. The Kier molecular flexibility index (Phi) is 2.38. The van der Waals surface area contributed by atoms with Crippen LogP contribution in [0.5, 0.6) is 0 Å². The van der Waals surface area contributed by atoms with Crippen LogP contribution in [0.3, 0.4) is 0 Å². The molecule has 2 rings (SSSR count). The van der Waals surface area contributed by atoms with E-state index in [2.05, 4.69) is 0 Å². The van der Waals surface area contributed by atoms with Gasteiger partial charge < -0.3 is 14.6 Å².